The molecule has 0 saturated carbocycles. The van der Waals surface area contributed by atoms with Crippen molar-refractivity contribution in [2.45, 2.75) is 25.2 Å². The van der Waals surface area contributed by atoms with Crippen molar-refractivity contribution in [3.8, 4) is 0 Å². The molecule has 98 valence electrons. The van der Waals surface area contributed by atoms with E-state index in [-0.39, 0.29) is 12.6 Å². The van der Waals surface area contributed by atoms with Gasteiger partial charge in [0.1, 0.15) is 6.61 Å². The first-order valence-electron chi connectivity index (χ1n) is 6.11. The Morgan fingerprint density at radius 2 is 2.22 bits per heavy atom. The van der Waals surface area contributed by atoms with Gasteiger partial charge < -0.3 is 20.5 Å². The monoisotopic (exact) mass is 250 g/mol. The molecule has 0 radical (unpaired) electrons. The van der Waals surface area contributed by atoms with Gasteiger partial charge in [-0.05, 0) is 18.5 Å². The van der Waals surface area contributed by atoms with Crippen LogP contribution < -0.4 is 10.6 Å². The number of aliphatic hydroxyl groups excluding tert-OH is 1. The predicted octanol–water partition coefficient (Wildman–Crippen LogP) is 0.636. The van der Waals surface area contributed by atoms with Crippen LogP contribution in [0.25, 0.3) is 0 Å². The third kappa shape index (κ3) is 3.72. The lowest BCUT2D eigenvalue weighted by Gasteiger charge is -2.28. The average molecular weight is 250 g/mol. The molecule has 0 aromatic heterocycles. The number of benzene rings is 1. The zero-order chi connectivity index (χ0) is 12.8. The van der Waals surface area contributed by atoms with E-state index in [0.717, 1.165) is 12.1 Å². The standard InChI is InChI=1S/C13H18N2O3/c16-12-6-7-14-8-11(12)15-13(17)18-9-10-4-2-1-3-5-10/h1-5,11-12,14,16H,6-9H2,(H,15,17)/t11-,12-/m0/s1. The molecule has 0 aliphatic carbocycles. The number of aliphatic hydroxyl groups is 1. The number of hydrogen-bond donors (Lipinski definition) is 3. The van der Waals surface area contributed by atoms with Gasteiger partial charge in [-0.25, -0.2) is 4.79 Å². The second kappa shape index (κ2) is 6.37. The van der Waals surface area contributed by atoms with Gasteiger partial charge in [-0.15, -0.1) is 0 Å². The number of carbonyl (C=O) groups excluding carboxylic acids is 1. The number of hydrogen-bond acceptors (Lipinski definition) is 4. The van der Waals surface area contributed by atoms with Crippen molar-refractivity contribution < 1.29 is 14.6 Å². The molecule has 5 heteroatoms. The van der Waals surface area contributed by atoms with E-state index in [2.05, 4.69) is 10.6 Å². The minimum Gasteiger partial charge on any atom is -0.445 e. The molecule has 1 amide bonds. The van der Waals surface area contributed by atoms with Gasteiger partial charge >= 0.3 is 6.09 Å². The van der Waals surface area contributed by atoms with Gasteiger partial charge in [0, 0.05) is 6.54 Å². The van der Waals surface area contributed by atoms with E-state index in [1.54, 1.807) is 0 Å². The van der Waals surface area contributed by atoms with Gasteiger partial charge in [-0.2, -0.15) is 0 Å². The van der Waals surface area contributed by atoms with Crippen molar-refractivity contribution in [3.63, 3.8) is 0 Å². The molecule has 1 fully saturated rings. The fourth-order valence-electron chi connectivity index (χ4n) is 1.91. The topological polar surface area (TPSA) is 70.6 Å². The minimum atomic E-state index is -0.504. The SMILES string of the molecule is O=C(N[C@H]1CNCC[C@@H]1O)OCc1ccccc1. The van der Waals surface area contributed by atoms with Gasteiger partial charge in [0.05, 0.1) is 12.1 Å². The highest BCUT2D eigenvalue weighted by atomic mass is 16.5. The summed E-state index contributed by atoms with van der Waals surface area (Å²) in [6.07, 6.45) is -0.356. The number of amides is 1. The second-order valence-corrected chi connectivity index (χ2v) is 4.37. The van der Waals surface area contributed by atoms with Crippen molar-refractivity contribution in [2.24, 2.45) is 0 Å². The van der Waals surface area contributed by atoms with Crippen molar-refractivity contribution in [1.82, 2.24) is 10.6 Å². The summed E-state index contributed by atoms with van der Waals surface area (Å²) in [6.45, 7) is 1.59. The summed E-state index contributed by atoms with van der Waals surface area (Å²) in [5, 5.41) is 15.5. The quantitative estimate of drug-likeness (QED) is 0.736. The summed E-state index contributed by atoms with van der Waals surface area (Å²) in [5.74, 6) is 0. The van der Waals surface area contributed by atoms with Crippen LogP contribution in [0, 0.1) is 0 Å². The zero-order valence-electron chi connectivity index (χ0n) is 10.1. The molecule has 5 nitrogen and oxygen atoms in total. The number of ether oxygens (including phenoxy) is 1. The van der Waals surface area contributed by atoms with Crippen molar-refractivity contribution in [2.75, 3.05) is 13.1 Å². The molecule has 0 unspecified atom stereocenters. The Hall–Kier alpha value is -1.59. The van der Waals surface area contributed by atoms with E-state index < -0.39 is 12.2 Å². The van der Waals surface area contributed by atoms with Gasteiger partial charge in [0.15, 0.2) is 0 Å². The highest BCUT2D eigenvalue weighted by Crippen LogP contribution is 2.04. The molecule has 1 heterocycles. The maximum atomic E-state index is 11.6. The molecular weight excluding hydrogens is 232 g/mol. The van der Waals surface area contributed by atoms with Crippen molar-refractivity contribution in [1.29, 1.82) is 0 Å². The molecule has 0 bridgehead atoms. The minimum absolute atomic E-state index is 0.239. The molecular formula is C13H18N2O3. The molecule has 1 saturated heterocycles. The summed E-state index contributed by atoms with van der Waals surface area (Å²) < 4.78 is 5.09. The predicted molar refractivity (Wildman–Crippen MR) is 67.0 cm³/mol. The van der Waals surface area contributed by atoms with Crippen LogP contribution in [0.1, 0.15) is 12.0 Å². The average Bonchev–Trinajstić information content (AvgIpc) is 2.40. The number of carbonyl (C=O) groups is 1. The highest BCUT2D eigenvalue weighted by Gasteiger charge is 2.24. The van der Waals surface area contributed by atoms with Crippen LogP contribution >= 0.6 is 0 Å². The summed E-state index contributed by atoms with van der Waals surface area (Å²) in [7, 11) is 0. The molecule has 1 aliphatic rings. The van der Waals surface area contributed by atoms with Crippen molar-refractivity contribution >= 4 is 6.09 Å². The lowest BCUT2D eigenvalue weighted by atomic mass is 10.0. The Labute approximate surface area is 106 Å². The van der Waals surface area contributed by atoms with Crippen molar-refractivity contribution in [3.05, 3.63) is 35.9 Å². The van der Waals surface area contributed by atoms with Crippen LogP contribution in [0.3, 0.4) is 0 Å². The summed E-state index contributed by atoms with van der Waals surface area (Å²) >= 11 is 0. The smallest absolute Gasteiger partial charge is 0.407 e. The van der Waals surface area contributed by atoms with Crippen LogP contribution in [-0.4, -0.2) is 36.4 Å². The van der Waals surface area contributed by atoms with Gasteiger partial charge in [0.25, 0.3) is 0 Å². The Morgan fingerprint density at radius 3 is 2.94 bits per heavy atom. The number of nitrogens with one attached hydrogen (secondary N) is 2. The van der Waals surface area contributed by atoms with Gasteiger partial charge in [0.2, 0.25) is 0 Å². The van der Waals surface area contributed by atoms with Crippen LogP contribution in [0.5, 0.6) is 0 Å². The summed E-state index contributed by atoms with van der Waals surface area (Å²) in [6, 6.07) is 9.21. The maximum absolute atomic E-state index is 11.6. The number of piperidine rings is 1. The Kier molecular flexibility index (Phi) is 4.55. The van der Waals surface area contributed by atoms with E-state index in [0.29, 0.717) is 13.0 Å². The fraction of sp³-hybridized carbons (Fsp3) is 0.462. The molecule has 2 rings (SSSR count). The molecule has 1 aromatic rings. The molecule has 0 spiro atoms. The fourth-order valence-corrected chi connectivity index (χ4v) is 1.91. The molecule has 1 aromatic carbocycles. The van der Waals surface area contributed by atoms with E-state index >= 15 is 0 Å². The van der Waals surface area contributed by atoms with Gasteiger partial charge in [-0.1, -0.05) is 30.3 Å². The third-order valence-corrected chi connectivity index (χ3v) is 2.96. The summed E-state index contributed by atoms with van der Waals surface area (Å²) in [4.78, 5) is 11.6. The third-order valence-electron chi connectivity index (χ3n) is 2.96. The first-order chi connectivity index (χ1) is 8.75. The molecule has 1 aliphatic heterocycles. The van der Waals surface area contributed by atoms with Crippen LogP contribution in [-0.2, 0) is 11.3 Å². The number of rotatable bonds is 3. The normalized spacial score (nSPS) is 23.4. The van der Waals surface area contributed by atoms with Crippen LogP contribution in [0.4, 0.5) is 4.79 Å². The largest absolute Gasteiger partial charge is 0.445 e. The van der Waals surface area contributed by atoms with E-state index in [1.165, 1.54) is 0 Å². The Bertz CT molecular complexity index is 383. The highest BCUT2D eigenvalue weighted by molar-refractivity contribution is 5.67. The van der Waals surface area contributed by atoms with Crippen LogP contribution in [0.2, 0.25) is 0 Å². The lowest BCUT2D eigenvalue weighted by Crippen LogP contribution is -2.53. The molecule has 18 heavy (non-hydrogen) atoms. The van der Waals surface area contributed by atoms with Gasteiger partial charge in [-0.3, -0.25) is 0 Å². The number of alkyl carbamates (subject to hydrolysis) is 1. The Balaban J connectivity index is 1.75. The first-order valence-corrected chi connectivity index (χ1v) is 6.11. The maximum Gasteiger partial charge on any atom is 0.407 e. The Morgan fingerprint density at radius 1 is 1.44 bits per heavy atom. The van der Waals surface area contributed by atoms with E-state index in [4.69, 9.17) is 4.74 Å². The first kappa shape index (κ1) is 12.9. The van der Waals surface area contributed by atoms with E-state index in [1.807, 2.05) is 30.3 Å². The van der Waals surface area contributed by atoms with E-state index in [9.17, 15) is 9.90 Å². The zero-order valence-corrected chi connectivity index (χ0v) is 10.1. The molecule has 2 atom stereocenters. The molecule has 3 N–H and O–H groups in total. The second-order valence-electron chi connectivity index (χ2n) is 4.37. The summed E-state index contributed by atoms with van der Waals surface area (Å²) in [5.41, 5.74) is 0.940. The van der Waals surface area contributed by atoms with Crippen LogP contribution in [0.15, 0.2) is 30.3 Å². The lowest BCUT2D eigenvalue weighted by molar-refractivity contribution is 0.0843.